The van der Waals surface area contributed by atoms with Gasteiger partial charge in [-0.15, -0.1) is 0 Å². The number of carbonyl (C=O) groups excluding carboxylic acids is 2. The Bertz CT molecular complexity index is 1160. The van der Waals surface area contributed by atoms with Crippen LogP contribution in [0, 0.1) is 13.8 Å². The smallest absolute Gasteiger partial charge is 0.242 e. The van der Waals surface area contributed by atoms with Crippen LogP contribution < -0.4 is 14.4 Å². The summed E-state index contributed by atoms with van der Waals surface area (Å²) in [6.45, 7) is 9.65. The van der Waals surface area contributed by atoms with E-state index in [-0.39, 0.29) is 37.4 Å². The number of anilines is 1. The maximum absolute atomic E-state index is 13.4. The monoisotopic (exact) mass is 517 g/mol. The molecule has 2 aromatic rings. The second-order valence-corrected chi connectivity index (χ2v) is 11.3. The van der Waals surface area contributed by atoms with Gasteiger partial charge in [0, 0.05) is 25.6 Å². The molecule has 2 rings (SSSR count). The number of ether oxygens (including phenoxy) is 1. The highest BCUT2D eigenvalue weighted by Crippen LogP contribution is 2.25. The van der Waals surface area contributed by atoms with Gasteiger partial charge >= 0.3 is 0 Å². The Morgan fingerprint density at radius 2 is 1.72 bits per heavy atom. The molecule has 0 aromatic heterocycles. The Balaban J connectivity index is 2.22. The van der Waals surface area contributed by atoms with Gasteiger partial charge in [-0.05, 0) is 75.9 Å². The van der Waals surface area contributed by atoms with Crippen molar-refractivity contribution in [1.82, 2.24) is 10.2 Å². The van der Waals surface area contributed by atoms with Crippen molar-refractivity contribution in [2.45, 2.75) is 66.1 Å². The highest BCUT2D eigenvalue weighted by atomic mass is 32.2. The van der Waals surface area contributed by atoms with E-state index in [0.717, 1.165) is 16.7 Å². The van der Waals surface area contributed by atoms with Gasteiger partial charge in [0.05, 0.1) is 19.1 Å². The third-order valence-corrected chi connectivity index (χ3v) is 7.26. The quantitative estimate of drug-likeness (QED) is 0.462. The zero-order valence-electron chi connectivity index (χ0n) is 22.4. The van der Waals surface area contributed by atoms with Crippen LogP contribution >= 0.6 is 0 Å². The van der Waals surface area contributed by atoms with Crippen LogP contribution in [0.5, 0.6) is 5.75 Å². The molecule has 0 radical (unpaired) electrons. The number of hydrogen-bond acceptors (Lipinski definition) is 5. The average Bonchev–Trinajstić information content (AvgIpc) is 2.80. The van der Waals surface area contributed by atoms with Gasteiger partial charge in [0.25, 0.3) is 0 Å². The Morgan fingerprint density at radius 1 is 1.06 bits per heavy atom. The summed E-state index contributed by atoms with van der Waals surface area (Å²) in [5, 5.41) is 2.87. The normalized spacial score (nSPS) is 12.2. The zero-order chi connectivity index (χ0) is 27.0. The molecule has 0 bridgehead atoms. The van der Waals surface area contributed by atoms with Gasteiger partial charge in [0.2, 0.25) is 21.8 Å². The number of hydrogen-bond donors (Lipinski definition) is 1. The van der Waals surface area contributed by atoms with Crippen LogP contribution in [0.15, 0.2) is 42.5 Å². The first-order valence-electron chi connectivity index (χ1n) is 12.1. The molecule has 0 aliphatic heterocycles. The highest BCUT2D eigenvalue weighted by Gasteiger charge is 2.27. The van der Waals surface area contributed by atoms with Crippen LogP contribution in [0.3, 0.4) is 0 Å². The maximum Gasteiger partial charge on any atom is 0.242 e. The third-order valence-electron chi connectivity index (χ3n) is 6.08. The molecular weight excluding hydrogens is 478 g/mol. The molecule has 2 aromatic carbocycles. The van der Waals surface area contributed by atoms with Gasteiger partial charge in [-0.1, -0.05) is 24.3 Å². The van der Waals surface area contributed by atoms with Gasteiger partial charge in [-0.2, -0.15) is 0 Å². The molecule has 0 aliphatic carbocycles. The van der Waals surface area contributed by atoms with E-state index in [1.165, 1.54) is 15.5 Å². The van der Waals surface area contributed by atoms with Crippen LogP contribution in [0.1, 0.15) is 50.3 Å². The van der Waals surface area contributed by atoms with Crippen LogP contribution in [0.4, 0.5) is 5.69 Å². The summed E-state index contributed by atoms with van der Waals surface area (Å²) >= 11 is 0. The lowest BCUT2D eigenvalue weighted by Gasteiger charge is -2.30. The number of nitrogens with zero attached hydrogens (tertiary/aromatic N) is 2. The molecule has 0 saturated heterocycles. The van der Waals surface area contributed by atoms with Gasteiger partial charge in [0.1, 0.15) is 11.8 Å². The summed E-state index contributed by atoms with van der Waals surface area (Å²) in [4.78, 5) is 27.7. The lowest BCUT2D eigenvalue weighted by molar-refractivity contribution is -0.140. The molecule has 198 valence electrons. The molecule has 8 nitrogen and oxygen atoms in total. The summed E-state index contributed by atoms with van der Waals surface area (Å²) in [7, 11) is -1.97. The van der Waals surface area contributed by atoms with Crippen molar-refractivity contribution in [3.05, 3.63) is 59.2 Å². The van der Waals surface area contributed by atoms with Gasteiger partial charge in [-0.25, -0.2) is 8.42 Å². The van der Waals surface area contributed by atoms with E-state index in [0.29, 0.717) is 17.9 Å². The topological polar surface area (TPSA) is 96.0 Å². The van der Waals surface area contributed by atoms with Crippen LogP contribution in [0.2, 0.25) is 0 Å². The molecular formula is C27H39N3O5S. The van der Waals surface area contributed by atoms with Crippen molar-refractivity contribution in [1.29, 1.82) is 0 Å². The van der Waals surface area contributed by atoms with Crippen molar-refractivity contribution < 1.29 is 22.7 Å². The highest BCUT2D eigenvalue weighted by molar-refractivity contribution is 7.92. The molecule has 36 heavy (non-hydrogen) atoms. The Labute approximate surface area is 215 Å². The molecule has 0 heterocycles. The van der Waals surface area contributed by atoms with Gasteiger partial charge in [0.15, 0.2) is 0 Å². The summed E-state index contributed by atoms with van der Waals surface area (Å²) in [6, 6.07) is 12.1. The Kier molecular flexibility index (Phi) is 10.3. The molecule has 0 aliphatic rings. The number of sulfonamides is 1. The largest absolute Gasteiger partial charge is 0.497 e. The summed E-state index contributed by atoms with van der Waals surface area (Å²) < 4.78 is 31.8. The first-order valence-corrected chi connectivity index (χ1v) is 14.0. The first kappa shape index (κ1) is 29.2. The van der Waals surface area contributed by atoms with Crippen molar-refractivity contribution >= 4 is 27.5 Å². The van der Waals surface area contributed by atoms with Crippen molar-refractivity contribution in [2.75, 3.05) is 24.2 Å². The van der Waals surface area contributed by atoms with Crippen LogP contribution in [0.25, 0.3) is 0 Å². The van der Waals surface area contributed by atoms with Crippen LogP contribution in [-0.2, 0) is 26.2 Å². The third kappa shape index (κ3) is 7.98. The SMILES string of the molecule is COc1cccc(CN(C(=O)CCCN(c2cccc(C)c2C)S(C)(=O)=O)C(C)C(=O)NC(C)C)c1. The second-order valence-electron chi connectivity index (χ2n) is 9.37. The lowest BCUT2D eigenvalue weighted by atomic mass is 10.1. The molecule has 0 saturated carbocycles. The van der Waals surface area contributed by atoms with E-state index in [1.807, 2.05) is 64.1 Å². The fourth-order valence-corrected chi connectivity index (χ4v) is 4.96. The minimum Gasteiger partial charge on any atom is -0.497 e. The number of nitrogens with one attached hydrogen (secondary N) is 1. The van der Waals surface area contributed by atoms with Gasteiger partial charge < -0.3 is 15.0 Å². The van der Waals surface area contributed by atoms with E-state index in [9.17, 15) is 18.0 Å². The molecule has 2 amide bonds. The molecule has 0 fully saturated rings. The van der Waals surface area contributed by atoms with E-state index in [1.54, 1.807) is 20.1 Å². The number of aryl methyl sites for hydroxylation is 1. The minimum absolute atomic E-state index is 0.0605. The molecule has 1 N–H and O–H groups in total. The van der Waals surface area contributed by atoms with Crippen LogP contribution in [-0.4, -0.2) is 57.1 Å². The molecule has 9 heteroatoms. The second kappa shape index (κ2) is 12.8. The Morgan fingerprint density at radius 3 is 2.33 bits per heavy atom. The molecule has 0 spiro atoms. The summed E-state index contributed by atoms with van der Waals surface area (Å²) in [5.74, 6) is 0.199. The standard InChI is InChI=1S/C27H39N3O5S/c1-19(2)28-27(32)22(5)29(18-23-12-9-13-24(17-23)35-6)26(31)15-10-16-30(36(7,33)34)25-14-8-11-20(3)21(25)4/h8-9,11-14,17,19,22H,10,15-16,18H2,1-7H3,(H,28,32). The van der Waals surface area contributed by atoms with Gasteiger partial charge in [-0.3, -0.25) is 13.9 Å². The first-order chi connectivity index (χ1) is 16.8. The number of carbonyl (C=O) groups is 2. The van der Waals surface area contributed by atoms with E-state index >= 15 is 0 Å². The van der Waals surface area contributed by atoms with Crippen molar-refractivity contribution in [3.63, 3.8) is 0 Å². The minimum atomic E-state index is -3.54. The summed E-state index contributed by atoms with van der Waals surface area (Å²) in [5.41, 5.74) is 3.32. The predicted octanol–water partition coefficient (Wildman–Crippen LogP) is 3.80. The van der Waals surface area contributed by atoms with Crippen molar-refractivity contribution in [2.24, 2.45) is 0 Å². The van der Waals surface area contributed by atoms with E-state index in [2.05, 4.69) is 5.32 Å². The maximum atomic E-state index is 13.4. The predicted molar refractivity (Wildman–Crippen MR) is 144 cm³/mol. The number of amides is 2. The van der Waals surface area contributed by atoms with E-state index in [4.69, 9.17) is 4.74 Å². The van der Waals surface area contributed by atoms with Crippen molar-refractivity contribution in [3.8, 4) is 5.75 Å². The van der Waals surface area contributed by atoms with E-state index < -0.39 is 16.1 Å². The molecule has 1 unspecified atom stereocenters. The average molecular weight is 518 g/mol. The molecule has 1 atom stereocenters. The Hall–Kier alpha value is -3.07. The summed E-state index contributed by atoms with van der Waals surface area (Å²) in [6.07, 6.45) is 1.58. The lowest BCUT2D eigenvalue weighted by Crippen LogP contribution is -2.49. The number of rotatable bonds is 12. The fraction of sp³-hybridized carbons (Fsp3) is 0.481. The number of benzene rings is 2. The zero-order valence-corrected chi connectivity index (χ0v) is 23.2. The number of methoxy groups -OCH3 is 1. The fourth-order valence-electron chi connectivity index (χ4n) is 3.94.